The van der Waals surface area contributed by atoms with Crippen LogP contribution in [0.5, 0.6) is 0 Å². The van der Waals surface area contributed by atoms with Crippen molar-refractivity contribution in [3.05, 3.63) is 11.6 Å². The van der Waals surface area contributed by atoms with Gasteiger partial charge in [0.05, 0.1) is 5.41 Å². The van der Waals surface area contributed by atoms with Crippen molar-refractivity contribution >= 4 is 17.7 Å². The summed E-state index contributed by atoms with van der Waals surface area (Å²) in [6.45, 7) is 8.11. The molecule has 5 nitrogen and oxygen atoms in total. The van der Waals surface area contributed by atoms with Gasteiger partial charge in [-0.05, 0) is 62.9 Å². The Kier molecular flexibility index (Phi) is 5.39. The zero-order valence-electron chi connectivity index (χ0n) is 18.9. The van der Waals surface area contributed by atoms with Gasteiger partial charge in [-0.2, -0.15) is 0 Å². The van der Waals surface area contributed by atoms with Crippen LogP contribution in [0.1, 0.15) is 91.9 Å². The second kappa shape index (κ2) is 7.49. The standard InChI is InChI=1S/C25H36O5/c1-5-21(27)29-20-15-17(26)14-16-9-10-19-18-8-7-11-23(18,3)12-13-25(19,24(16,20)4)30-22(28)6-2/h14,18-20H,5-13,15H2,1-4H3/t18-,19-,20?,23-,24+,25?/m0/s1. The highest BCUT2D eigenvalue weighted by atomic mass is 16.6. The molecular formula is C25H36O5. The summed E-state index contributed by atoms with van der Waals surface area (Å²) in [7, 11) is 0. The fraction of sp³-hybridized carbons (Fsp3) is 0.800. The lowest BCUT2D eigenvalue weighted by atomic mass is 9.44. The zero-order chi connectivity index (χ0) is 21.7. The van der Waals surface area contributed by atoms with Crippen molar-refractivity contribution in [3.8, 4) is 0 Å². The largest absolute Gasteiger partial charge is 0.461 e. The maximum atomic E-state index is 12.8. The van der Waals surface area contributed by atoms with Gasteiger partial charge in [-0.3, -0.25) is 14.4 Å². The van der Waals surface area contributed by atoms with Gasteiger partial charge in [-0.1, -0.05) is 32.8 Å². The van der Waals surface area contributed by atoms with Crippen molar-refractivity contribution in [2.45, 2.75) is 104 Å². The quantitative estimate of drug-likeness (QED) is 0.609. The molecule has 4 aliphatic carbocycles. The molecule has 4 rings (SSSR count). The van der Waals surface area contributed by atoms with E-state index < -0.39 is 17.1 Å². The molecule has 0 aromatic carbocycles. The summed E-state index contributed by atoms with van der Waals surface area (Å²) in [5.74, 6) is 0.271. The molecule has 30 heavy (non-hydrogen) atoms. The van der Waals surface area contributed by atoms with Crippen molar-refractivity contribution in [2.24, 2.45) is 22.7 Å². The van der Waals surface area contributed by atoms with E-state index in [1.165, 1.54) is 19.3 Å². The zero-order valence-corrected chi connectivity index (χ0v) is 18.9. The summed E-state index contributed by atoms with van der Waals surface area (Å²) in [6.07, 6.45) is 9.11. The Morgan fingerprint density at radius 3 is 2.47 bits per heavy atom. The van der Waals surface area contributed by atoms with Crippen LogP contribution in [-0.4, -0.2) is 29.4 Å². The maximum Gasteiger partial charge on any atom is 0.306 e. The Morgan fingerprint density at radius 2 is 1.77 bits per heavy atom. The van der Waals surface area contributed by atoms with Crippen molar-refractivity contribution in [1.29, 1.82) is 0 Å². The Balaban J connectivity index is 1.85. The molecule has 0 aliphatic heterocycles. The SMILES string of the molecule is CCC(=O)OC1CC(=O)C=C2CC[C@H]3[C@@H]4CCC[C@@]4(C)CCC3(OC(=O)CC)[C@]21C. The fourth-order valence-corrected chi connectivity index (χ4v) is 7.41. The van der Waals surface area contributed by atoms with Crippen LogP contribution in [0.3, 0.4) is 0 Å². The molecule has 0 spiro atoms. The number of carbonyl (C=O) groups is 3. The maximum absolute atomic E-state index is 12.8. The normalized spacial score (nSPS) is 42.5. The number of carbonyl (C=O) groups excluding carboxylic acids is 3. The Bertz CT molecular complexity index is 784. The van der Waals surface area contributed by atoms with Gasteiger partial charge in [0.1, 0.15) is 11.7 Å². The lowest BCUT2D eigenvalue weighted by molar-refractivity contribution is -0.239. The van der Waals surface area contributed by atoms with Gasteiger partial charge in [0.25, 0.3) is 0 Å². The number of esters is 2. The van der Waals surface area contributed by atoms with Crippen molar-refractivity contribution < 1.29 is 23.9 Å². The van der Waals surface area contributed by atoms with Crippen LogP contribution in [-0.2, 0) is 23.9 Å². The first-order valence-corrected chi connectivity index (χ1v) is 11.9. The number of hydrogen-bond acceptors (Lipinski definition) is 5. The van der Waals surface area contributed by atoms with Gasteiger partial charge < -0.3 is 9.47 Å². The summed E-state index contributed by atoms with van der Waals surface area (Å²) < 4.78 is 12.4. The monoisotopic (exact) mass is 416 g/mol. The van der Waals surface area contributed by atoms with E-state index in [1.54, 1.807) is 13.0 Å². The van der Waals surface area contributed by atoms with Crippen LogP contribution in [0.15, 0.2) is 11.6 Å². The average molecular weight is 417 g/mol. The van der Waals surface area contributed by atoms with Crippen LogP contribution in [0.25, 0.3) is 0 Å². The average Bonchev–Trinajstić information content (AvgIpc) is 3.11. The van der Waals surface area contributed by atoms with E-state index in [1.807, 2.05) is 6.92 Å². The molecule has 2 unspecified atom stereocenters. The smallest absolute Gasteiger partial charge is 0.306 e. The first-order chi connectivity index (χ1) is 14.2. The van der Waals surface area contributed by atoms with Crippen molar-refractivity contribution in [1.82, 2.24) is 0 Å². The Labute approximate surface area is 179 Å². The van der Waals surface area contributed by atoms with Gasteiger partial charge >= 0.3 is 11.9 Å². The highest BCUT2D eigenvalue weighted by molar-refractivity contribution is 5.93. The van der Waals surface area contributed by atoms with E-state index in [4.69, 9.17) is 9.47 Å². The molecule has 0 aromatic heterocycles. The number of rotatable bonds is 4. The second-order valence-corrected chi connectivity index (χ2v) is 10.4. The summed E-state index contributed by atoms with van der Waals surface area (Å²) in [5.41, 5.74) is -0.0548. The van der Waals surface area contributed by atoms with Gasteiger partial charge in [-0.15, -0.1) is 0 Å². The minimum atomic E-state index is -0.710. The molecule has 3 saturated carbocycles. The van der Waals surface area contributed by atoms with Crippen LogP contribution < -0.4 is 0 Å². The van der Waals surface area contributed by atoms with E-state index in [9.17, 15) is 14.4 Å². The summed E-state index contributed by atoms with van der Waals surface area (Å²) in [5, 5.41) is 0. The minimum absolute atomic E-state index is 0.00769. The van der Waals surface area contributed by atoms with Crippen LogP contribution in [0.4, 0.5) is 0 Å². The van der Waals surface area contributed by atoms with Crippen LogP contribution in [0, 0.1) is 22.7 Å². The van der Waals surface area contributed by atoms with Gasteiger partial charge in [0.15, 0.2) is 5.78 Å². The highest BCUT2D eigenvalue weighted by Crippen LogP contribution is 2.68. The van der Waals surface area contributed by atoms with E-state index in [0.29, 0.717) is 17.8 Å². The third-order valence-corrected chi connectivity index (χ3v) is 9.09. The predicted octanol–water partition coefficient (Wildman–Crippen LogP) is 4.92. The molecule has 166 valence electrons. The fourth-order valence-electron chi connectivity index (χ4n) is 7.41. The third-order valence-electron chi connectivity index (χ3n) is 9.09. The first kappa shape index (κ1) is 21.6. The third kappa shape index (κ3) is 2.98. The number of hydrogen-bond donors (Lipinski definition) is 0. The molecule has 0 heterocycles. The van der Waals surface area contributed by atoms with Gasteiger partial charge in [0, 0.05) is 25.2 Å². The van der Waals surface area contributed by atoms with Crippen LogP contribution >= 0.6 is 0 Å². The number of ketones is 1. The topological polar surface area (TPSA) is 69.7 Å². The molecule has 0 aromatic rings. The molecule has 4 aliphatic rings. The first-order valence-electron chi connectivity index (χ1n) is 11.9. The lowest BCUT2D eigenvalue weighted by Crippen LogP contribution is -2.68. The van der Waals surface area contributed by atoms with E-state index in [2.05, 4.69) is 13.8 Å². The van der Waals surface area contributed by atoms with E-state index >= 15 is 0 Å². The Morgan fingerprint density at radius 1 is 1.03 bits per heavy atom. The van der Waals surface area contributed by atoms with E-state index in [0.717, 1.165) is 31.3 Å². The molecule has 0 radical (unpaired) electrons. The van der Waals surface area contributed by atoms with Gasteiger partial charge in [0.2, 0.25) is 0 Å². The van der Waals surface area contributed by atoms with Gasteiger partial charge in [-0.25, -0.2) is 0 Å². The Hall–Kier alpha value is -1.65. The summed E-state index contributed by atoms with van der Waals surface area (Å²) in [6, 6.07) is 0. The molecule has 0 amide bonds. The molecule has 5 heteroatoms. The molecule has 0 N–H and O–H groups in total. The summed E-state index contributed by atoms with van der Waals surface area (Å²) >= 11 is 0. The van der Waals surface area contributed by atoms with Crippen molar-refractivity contribution in [2.75, 3.05) is 0 Å². The second-order valence-electron chi connectivity index (χ2n) is 10.4. The lowest BCUT2D eigenvalue weighted by Gasteiger charge is -2.64. The highest BCUT2D eigenvalue weighted by Gasteiger charge is 2.70. The van der Waals surface area contributed by atoms with Crippen LogP contribution in [0.2, 0.25) is 0 Å². The van der Waals surface area contributed by atoms with E-state index in [-0.39, 0.29) is 36.5 Å². The molecular weight excluding hydrogens is 380 g/mol. The summed E-state index contributed by atoms with van der Waals surface area (Å²) in [4.78, 5) is 37.6. The molecule has 0 saturated heterocycles. The predicted molar refractivity (Wildman–Crippen MR) is 113 cm³/mol. The minimum Gasteiger partial charge on any atom is -0.461 e. The number of ether oxygens (including phenoxy) is 2. The molecule has 3 fully saturated rings. The van der Waals surface area contributed by atoms with Crippen molar-refractivity contribution in [3.63, 3.8) is 0 Å². The molecule has 0 bridgehead atoms. The molecule has 6 atom stereocenters. The number of fused-ring (bicyclic) bond motifs is 5.